The predicted octanol–water partition coefficient (Wildman–Crippen LogP) is 3.63. The van der Waals surface area contributed by atoms with Gasteiger partial charge in [-0.1, -0.05) is 42.5 Å². The molecule has 6 N–H and O–H groups in total. The summed E-state index contributed by atoms with van der Waals surface area (Å²) in [6.45, 7) is 0. The number of nitrogens with one attached hydrogen (secondary N) is 3. The van der Waals surface area contributed by atoms with Gasteiger partial charge in [-0.05, 0) is 42.3 Å². The van der Waals surface area contributed by atoms with Gasteiger partial charge in [-0.25, -0.2) is 4.79 Å². The second kappa shape index (κ2) is 9.37. The van der Waals surface area contributed by atoms with Crippen LogP contribution in [0.5, 0.6) is 0 Å². The molecule has 33 heavy (non-hydrogen) atoms. The summed E-state index contributed by atoms with van der Waals surface area (Å²) >= 11 is 0. The summed E-state index contributed by atoms with van der Waals surface area (Å²) in [5.74, 6) is -2.15. The van der Waals surface area contributed by atoms with Gasteiger partial charge in [0.25, 0.3) is 5.91 Å². The molecule has 4 rings (SSSR count). The zero-order valence-corrected chi connectivity index (χ0v) is 17.5. The van der Waals surface area contributed by atoms with Crippen LogP contribution < -0.4 is 16.4 Å². The first-order valence-corrected chi connectivity index (χ1v) is 10.3. The van der Waals surface area contributed by atoms with Crippen molar-refractivity contribution < 1.29 is 19.5 Å². The Morgan fingerprint density at radius 1 is 0.848 bits per heavy atom. The number of hydrogen-bond acceptors (Lipinski definition) is 4. The Morgan fingerprint density at radius 2 is 1.45 bits per heavy atom. The molecule has 1 heterocycles. The zero-order valence-electron chi connectivity index (χ0n) is 17.5. The van der Waals surface area contributed by atoms with Crippen molar-refractivity contribution in [2.24, 2.45) is 5.73 Å². The lowest BCUT2D eigenvalue weighted by Crippen LogP contribution is -2.37. The first kappa shape index (κ1) is 21.8. The maximum Gasteiger partial charge on any atom is 0.337 e. The Kier molecular flexibility index (Phi) is 6.19. The highest BCUT2D eigenvalue weighted by molar-refractivity contribution is 6.12. The number of para-hydroxylation sites is 3. The summed E-state index contributed by atoms with van der Waals surface area (Å²) < 4.78 is 0. The van der Waals surface area contributed by atoms with Crippen molar-refractivity contribution >= 4 is 40.1 Å². The van der Waals surface area contributed by atoms with Gasteiger partial charge in [0, 0.05) is 17.1 Å². The van der Waals surface area contributed by atoms with Gasteiger partial charge in [-0.15, -0.1) is 0 Å². The van der Waals surface area contributed by atoms with Gasteiger partial charge < -0.3 is 26.5 Å². The molecular formula is C25H22N4O4. The number of aromatic nitrogens is 1. The van der Waals surface area contributed by atoms with Gasteiger partial charge >= 0.3 is 5.97 Å². The molecular weight excluding hydrogens is 420 g/mol. The van der Waals surface area contributed by atoms with Crippen LogP contribution >= 0.6 is 0 Å². The predicted molar refractivity (Wildman–Crippen MR) is 126 cm³/mol. The minimum absolute atomic E-state index is 0.0341. The fourth-order valence-corrected chi connectivity index (χ4v) is 3.61. The molecule has 0 aliphatic rings. The standard InChI is InChI=1S/C25H22N4O4/c26-19(13-15-14-27-20-10-4-1-7-16(15)20)24(31)29-21-11-5-2-8-17(21)23(30)28-22-12-6-3-9-18(22)25(32)33/h1-12,14,19,27H,13,26H2,(H,28,30)(H,29,31)(H,32,33). The van der Waals surface area contributed by atoms with Crippen LogP contribution in [0, 0.1) is 0 Å². The molecule has 0 bridgehead atoms. The number of carboxylic acid groups (broad SMARTS) is 1. The number of hydrogen-bond donors (Lipinski definition) is 5. The van der Waals surface area contributed by atoms with E-state index in [2.05, 4.69) is 15.6 Å². The lowest BCUT2D eigenvalue weighted by Gasteiger charge is -2.15. The van der Waals surface area contributed by atoms with Crippen LogP contribution in [0.3, 0.4) is 0 Å². The number of aromatic amines is 1. The van der Waals surface area contributed by atoms with Gasteiger partial charge in [0.2, 0.25) is 5.91 Å². The summed E-state index contributed by atoms with van der Waals surface area (Å²) in [4.78, 5) is 40.2. The van der Waals surface area contributed by atoms with Gasteiger partial charge in [0.15, 0.2) is 0 Å². The number of aromatic carboxylic acids is 1. The number of nitrogens with two attached hydrogens (primary N) is 1. The van der Waals surface area contributed by atoms with Gasteiger partial charge in [-0.3, -0.25) is 9.59 Å². The van der Waals surface area contributed by atoms with Crippen molar-refractivity contribution in [1.29, 1.82) is 0 Å². The molecule has 0 saturated carbocycles. The van der Waals surface area contributed by atoms with Crippen LogP contribution in [-0.2, 0) is 11.2 Å². The molecule has 4 aromatic rings. The third-order valence-electron chi connectivity index (χ3n) is 5.29. The average molecular weight is 442 g/mol. The van der Waals surface area contributed by atoms with E-state index in [0.717, 1.165) is 16.5 Å². The van der Waals surface area contributed by atoms with E-state index in [-0.39, 0.29) is 22.5 Å². The molecule has 0 spiro atoms. The summed E-state index contributed by atoms with van der Waals surface area (Å²) in [5, 5.41) is 15.7. The molecule has 0 fully saturated rings. The third-order valence-corrected chi connectivity index (χ3v) is 5.29. The highest BCUT2D eigenvalue weighted by Crippen LogP contribution is 2.22. The number of H-pyrrole nitrogens is 1. The molecule has 8 nitrogen and oxygen atoms in total. The first-order valence-electron chi connectivity index (χ1n) is 10.3. The van der Waals surface area contributed by atoms with Crippen molar-refractivity contribution in [2.45, 2.75) is 12.5 Å². The van der Waals surface area contributed by atoms with E-state index in [1.807, 2.05) is 30.5 Å². The fourth-order valence-electron chi connectivity index (χ4n) is 3.61. The zero-order chi connectivity index (χ0) is 23.4. The minimum atomic E-state index is -1.16. The lowest BCUT2D eigenvalue weighted by molar-refractivity contribution is -0.117. The molecule has 166 valence electrons. The quantitative estimate of drug-likeness (QED) is 0.298. The molecule has 1 unspecified atom stereocenters. The lowest BCUT2D eigenvalue weighted by atomic mass is 10.0. The van der Waals surface area contributed by atoms with Gasteiger partial charge in [-0.2, -0.15) is 0 Å². The number of fused-ring (bicyclic) bond motifs is 1. The van der Waals surface area contributed by atoms with E-state index in [9.17, 15) is 19.5 Å². The van der Waals surface area contributed by atoms with Crippen LogP contribution in [0.2, 0.25) is 0 Å². The monoisotopic (exact) mass is 442 g/mol. The van der Waals surface area contributed by atoms with Crippen molar-refractivity contribution in [3.63, 3.8) is 0 Å². The molecule has 0 saturated heterocycles. The van der Waals surface area contributed by atoms with Gasteiger partial charge in [0.05, 0.1) is 28.5 Å². The summed E-state index contributed by atoms with van der Waals surface area (Å²) in [7, 11) is 0. The Morgan fingerprint density at radius 3 is 2.18 bits per heavy atom. The summed E-state index contributed by atoms with van der Waals surface area (Å²) in [5.41, 5.74) is 8.63. The number of carbonyl (C=O) groups is 3. The van der Waals surface area contributed by atoms with Crippen molar-refractivity contribution in [3.05, 3.63) is 95.7 Å². The molecule has 0 aliphatic carbocycles. The SMILES string of the molecule is NC(Cc1c[nH]c2ccccc12)C(=O)Nc1ccccc1C(=O)Nc1ccccc1C(=O)O. The number of amides is 2. The normalized spacial score (nSPS) is 11.7. The Hall–Kier alpha value is -4.43. The third kappa shape index (κ3) is 4.76. The average Bonchev–Trinajstić information content (AvgIpc) is 3.22. The van der Waals surface area contributed by atoms with Crippen LogP contribution in [0.1, 0.15) is 26.3 Å². The fraction of sp³-hybridized carbons (Fsp3) is 0.0800. The molecule has 0 aliphatic heterocycles. The minimum Gasteiger partial charge on any atom is -0.478 e. The van der Waals surface area contributed by atoms with Gasteiger partial charge in [0.1, 0.15) is 0 Å². The summed E-state index contributed by atoms with van der Waals surface area (Å²) in [6.07, 6.45) is 2.15. The maximum absolute atomic E-state index is 12.9. The maximum atomic E-state index is 12.9. The number of benzene rings is 3. The smallest absolute Gasteiger partial charge is 0.337 e. The molecule has 1 aromatic heterocycles. The van der Waals surface area contributed by atoms with E-state index >= 15 is 0 Å². The van der Waals surface area contributed by atoms with Crippen LogP contribution in [0.25, 0.3) is 10.9 Å². The molecule has 3 aromatic carbocycles. The number of anilines is 2. The highest BCUT2D eigenvalue weighted by atomic mass is 16.4. The molecule has 8 heteroatoms. The van der Waals surface area contributed by atoms with Crippen LogP contribution in [0.4, 0.5) is 11.4 Å². The van der Waals surface area contributed by atoms with E-state index in [1.165, 1.54) is 12.1 Å². The number of carboxylic acids is 1. The second-order valence-electron chi connectivity index (χ2n) is 7.51. The topological polar surface area (TPSA) is 137 Å². The Labute approximate surface area is 189 Å². The van der Waals surface area contributed by atoms with E-state index in [4.69, 9.17) is 5.73 Å². The van der Waals surface area contributed by atoms with Crippen molar-refractivity contribution in [2.75, 3.05) is 10.6 Å². The Bertz CT molecular complexity index is 1350. The van der Waals surface area contributed by atoms with Crippen molar-refractivity contribution in [3.8, 4) is 0 Å². The van der Waals surface area contributed by atoms with Crippen LogP contribution in [-0.4, -0.2) is 33.9 Å². The van der Waals surface area contributed by atoms with E-state index < -0.39 is 23.8 Å². The highest BCUT2D eigenvalue weighted by Gasteiger charge is 2.20. The first-order chi connectivity index (χ1) is 15.9. The van der Waals surface area contributed by atoms with E-state index in [0.29, 0.717) is 6.42 Å². The van der Waals surface area contributed by atoms with Crippen LogP contribution in [0.15, 0.2) is 79.0 Å². The largest absolute Gasteiger partial charge is 0.478 e. The second-order valence-corrected chi connectivity index (χ2v) is 7.51. The number of rotatable bonds is 7. The Balaban J connectivity index is 1.49. The van der Waals surface area contributed by atoms with E-state index in [1.54, 1.807) is 36.4 Å². The molecule has 1 atom stereocenters. The molecule has 2 amide bonds. The van der Waals surface area contributed by atoms with Crippen molar-refractivity contribution in [1.82, 2.24) is 4.98 Å². The summed E-state index contributed by atoms with van der Waals surface area (Å²) in [6, 6.07) is 19.5. The number of carbonyl (C=O) groups excluding carboxylic acids is 2. The molecule has 0 radical (unpaired) electrons.